The van der Waals surface area contributed by atoms with Gasteiger partial charge in [0.25, 0.3) is 0 Å². The van der Waals surface area contributed by atoms with Gasteiger partial charge in [-0.1, -0.05) is 27.7 Å². The second kappa shape index (κ2) is 6.57. The summed E-state index contributed by atoms with van der Waals surface area (Å²) < 4.78 is 11.1. The fourth-order valence-electron chi connectivity index (χ4n) is 1.06. The van der Waals surface area contributed by atoms with E-state index in [4.69, 9.17) is 0 Å². The SMILES string of the molecule is CC(CCNCCC(C)(C)C)S(C)=O. The minimum Gasteiger partial charge on any atom is -0.317 e. The molecule has 0 aliphatic heterocycles. The third-order valence-electron chi connectivity index (χ3n) is 2.35. The highest BCUT2D eigenvalue weighted by Crippen LogP contribution is 2.16. The van der Waals surface area contributed by atoms with Crippen molar-refractivity contribution in [2.75, 3.05) is 19.3 Å². The topological polar surface area (TPSA) is 29.1 Å². The summed E-state index contributed by atoms with van der Waals surface area (Å²) >= 11 is 0. The van der Waals surface area contributed by atoms with Gasteiger partial charge in [0.1, 0.15) is 0 Å². The quantitative estimate of drug-likeness (QED) is 0.694. The highest BCUT2D eigenvalue weighted by atomic mass is 32.2. The Hall–Kier alpha value is 0.110. The van der Waals surface area contributed by atoms with E-state index in [1.807, 2.05) is 6.92 Å². The van der Waals surface area contributed by atoms with Crippen LogP contribution >= 0.6 is 0 Å². The van der Waals surface area contributed by atoms with E-state index >= 15 is 0 Å². The van der Waals surface area contributed by atoms with Crippen molar-refractivity contribution in [1.29, 1.82) is 0 Å². The number of hydrogen-bond donors (Lipinski definition) is 1. The summed E-state index contributed by atoms with van der Waals surface area (Å²) in [4.78, 5) is 0. The fraction of sp³-hybridized carbons (Fsp3) is 1.00. The van der Waals surface area contributed by atoms with Gasteiger partial charge in [-0.15, -0.1) is 0 Å². The molecule has 0 aromatic heterocycles. The molecule has 0 aliphatic carbocycles. The Balaban J connectivity index is 3.35. The minimum absolute atomic E-state index is 0.317. The average Bonchev–Trinajstić information content (AvgIpc) is 2.01. The monoisotopic (exact) mass is 219 g/mol. The van der Waals surface area contributed by atoms with Crippen molar-refractivity contribution in [2.24, 2.45) is 5.41 Å². The van der Waals surface area contributed by atoms with Crippen LogP contribution in [0.15, 0.2) is 0 Å². The first kappa shape index (κ1) is 14.1. The van der Waals surface area contributed by atoms with E-state index in [-0.39, 0.29) is 0 Å². The molecule has 0 aromatic carbocycles. The van der Waals surface area contributed by atoms with Crippen LogP contribution in [0.3, 0.4) is 0 Å². The fourth-order valence-corrected chi connectivity index (χ4v) is 1.51. The van der Waals surface area contributed by atoms with Gasteiger partial charge >= 0.3 is 0 Å². The third-order valence-corrected chi connectivity index (χ3v) is 3.72. The summed E-state index contributed by atoms with van der Waals surface area (Å²) in [7, 11) is -0.673. The maximum absolute atomic E-state index is 11.1. The Morgan fingerprint density at radius 3 is 2.29 bits per heavy atom. The minimum atomic E-state index is -0.673. The largest absolute Gasteiger partial charge is 0.317 e. The van der Waals surface area contributed by atoms with E-state index in [0.29, 0.717) is 10.7 Å². The molecule has 2 atom stereocenters. The lowest BCUT2D eigenvalue weighted by atomic mass is 9.92. The first-order valence-electron chi connectivity index (χ1n) is 5.36. The van der Waals surface area contributed by atoms with Gasteiger partial charge < -0.3 is 5.32 Å². The zero-order valence-electron chi connectivity index (χ0n) is 10.2. The van der Waals surface area contributed by atoms with E-state index < -0.39 is 10.8 Å². The molecule has 0 amide bonds. The predicted molar refractivity (Wildman–Crippen MR) is 65.1 cm³/mol. The molecule has 86 valence electrons. The van der Waals surface area contributed by atoms with Crippen molar-refractivity contribution >= 4 is 10.8 Å². The maximum atomic E-state index is 11.1. The molecule has 0 heterocycles. The Labute approximate surface area is 91.3 Å². The molecular weight excluding hydrogens is 194 g/mol. The third kappa shape index (κ3) is 8.70. The Morgan fingerprint density at radius 2 is 1.86 bits per heavy atom. The molecule has 0 fully saturated rings. The van der Waals surface area contributed by atoms with Crippen molar-refractivity contribution < 1.29 is 4.21 Å². The van der Waals surface area contributed by atoms with Crippen molar-refractivity contribution in [1.82, 2.24) is 5.32 Å². The summed E-state index contributed by atoms with van der Waals surface area (Å²) in [6, 6.07) is 0. The van der Waals surface area contributed by atoms with E-state index in [1.54, 1.807) is 6.26 Å². The molecule has 0 aliphatic rings. The summed E-state index contributed by atoms with van der Waals surface area (Å²) in [6.45, 7) is 10.8. The van der Waals surface area contributed by atoms with Gasteiger partial charge in [0.2, 0.25) is 0 Å². The van der Waals surface area contributed by atoms with Gasteiger partial charge in [-0.25, -0.2) is 0 Å². The molecule has 2 nitrogen and oxygen atoms in total. The second-order valence-corrected chi connectivity index (χ2v) is 6.96. The number of nitrogens with one attached hydrogen (secondary N) is 1. The van der Waals surface area contributed by atoms with Crippen LogP contribution in [0, 0.1) is 5.41 Å². The summed E-state index contributed by atoms with van der Waals surface area (Å²) in [6.07, 6.45) is 3.98. The normalized spacial score (nSPS) is 16.6. The number of hydrogen-bond acceptors (Lipinski definition) is 2. The molecule has 0 saturated heterocycles. The van der Waals surface area contributed by atoms with Gasteiger partial charge in [0.15, 0.2) is 0 Å². The highest BCUT2D eigenvalue weighted by molar-refractivity contribution is 7.84. The lowest BCUT2D eigenvalue weighted by Gasteiger charge is -2.18. The van der Waals surface area contributed by atoms with Crippen LogP contribution in [0.1, 0.15) is 40.5 Å². The lowest BCUT2D eigenvalue weighted by molar-refractivity contribution is 0.366. The standard InChI is InChI=1S/C11H25NOS/c1-10(14(5)13)6-8-12-9-7-11(2,3)4/h10,12H,6-9H2,1-5H3. The number of rotatable bonds is 6. The first-order chi connectivity index (χ1) is 6.33. The van der Waals surface area contributed by atoms with Crippen molar-refractivity contribution in [3.8, 4) is 0 Å². The molecule has 1 N–H and O–H groups in total. The molecule has 0 rings (SSSR count). The van der Waals surface area contributed by atoms with Crippen LogP contribution in [0.2, 0.25) is 0 Å². The Kier molecular flexibility index (Phi) is 6.62. The van der Waals surface area contributed by atoms with Crippen LogP contribution in [-0.2, 0) is 10.8 Å². The Morgan fingerprint density at radius 1 is 1.29 bits per heavy atom. The van der Waals surface area contributed by atoms with Crippen molar-refractivity contribution in [2.45, 2.75) is 45.8 Å². The Bertz CT molecular complexity index is 175. The van der Waals surface area contributed by atoms with Crippen LogP contribution < -0.4 is 5.32 Å². The molecule has 14 heavy (non-hydrogen) atoms. The van der Waals surface area contributed by atoms with Crippen LogP contribution in [-0.4, -0.2) is 28.8 Å². The smallest absolute Gasteiger partial charge is 0.0329 e. The molecular formula is C11H25NOS. The molecule has 0 radical (unpaired) electrons. The predicted octanol–water partition coefficient (Wildman–Crippen LogP) is 2.17. The second-order valence-electron chi connectivity index (χ2n) is 5.16. The van der Waals surface area contributed by atoms with E-state index in [0.717, 1.165) is 19.5 Å². The van der Waals surface area contributed by atoms with Gasteiger partial charge in [0, 0.05) is 22.3 Å². The van der Waals surface area contributed by atoms with Crippen LogP contribution in [0.5, 0.6) is 0 Å². The van der Waals surface area contributed by atoms with E-state index in [2.05, 4.69) is 26.1 Å². The maximum Gasteiger partial charge on any atom is 0.0329 e. The van der Waals surface area contributed by atoms with E-state index in [9.17, 15) is 4.21 Å². The zero-order valence-corrected chi connectivity index (χ0v) is 11.0. The summed E-state index contributed by atoms with van der Waals surface area (Å²) in [5, 5.41) is 3.71. The zero-order chi connectivity index (χ0) is 11.2. The molecule has 0 saturated carbocycles. The first-order valence-corrected chi connectivity index (χ1v) is 6.98. The molecule has 0 spiro atoms. The van der Waals surface area contributed by atoms with Gasteiger partial charge in [-0.2, -0.15) is 0 Å². The summed E-state index contributed by atoms with van der Waals surface area (Å²) in [5.41, 5.74) is 0.409. The molecule has 0 bridgehead atoms. The average molecular weight is 219 g/mol. The van der Waals surface area contributed by atoms with Gasteiger partial charge in [-0.3, -0.25) is 4.21 Å². The highest BCUT2D eigenvalue weighted by Gasteiger charge is 2.09. The lowest BCUT2D eigenvalue weighted by Crippen LogP contribution is -2.24. The van der Waals surface area contributed by atoms with E-state index in [1.165, 1.54) is 6.42 Å². The molecule has 3 heteroatoms. The molecule has 0 aromatic rings. The van der Waals surface area contributed by atoms with Gasteiger partial charge in [0.05, 0.1) is 0 Å². The molecule has 2 unspecified atom stereocenters. The van der Waals surface area contributed by atoms with Gasteiger partial charge in [-0.05, 0) is 31.3 Å². The van der Waals surface area contributed by atoms with Crippen LogP contribution in [0.4, 0.5) is 0 Å². The van der Waals surface area contributed by atoms with Crippen molar-refractivity contribution in [3.05, 3.63) is 0 Å². The summed E-state index contributed by atoms with van der Waals surface area (Å²) in [5.74, 6) is 0. The van der Waals surface area contributed by atoms with Crippen LogP contribution in [0.25, 0.3) is 0 Å². The van der Waals surface area contributed by atoms with Crippen molar-refractivity contribution in [3.63, 3.8) is 0 Å².